The van der Waals surface area contributed by atoms with Crippen LogP contribution < -0.4 is 0 Å². The van der Waals surface area contributed by atoms with E-state index in [1.165, 1.54) is 25.6 Å². The van der Waals surface area contributed by atoms with Gasteiger partial charge in [0.1, 0.15) is 18.1 Å². The first kappa shape index (κ1) is 20.3. The van der Waals surface area contributed by atoms with Gasteiger partial charge in [0.05, 0.1) is 6.10 Å². The highest BCUT2D eigenvalue weighted by atomic mass is 79.9. The second-order valence-electron chi connectivity index (χ2n) is 6.21. The van der Waals surface area contributed by atoms with Crippen LogP contribution in [0.4, 0.5) is 0 Å². The van der Waals surface area contributed by atoms with Gasteiger partial charge in [0.25, 0.3) is 0 Å². The van der Waals surface area contributed by atoms with E-state index in [-0.39, 0.29) is 48.0 Å². The van der Waals surface area contributed by atoms with E-state index in [9.17, 15) is 9.59 Å². The Balaban J connectivity index is 2.17. The van der Waals surface area contributed by atoms with Gasteiger partial charge in [0, 0.05) is 29.1 Å². The van der Waals surface area contributed by atoms with Crippen molar-refractivity contribution in [3.8, 4) is 0 Å². The molecule has 0 amide bonds. The highest BCUT2D eigenvalue weighted by Crippen LogP contribution is 2.40. The van der Waals surface area contributed by atoms with Gasteiger partial charge < -0.3 is 14.2 Å². The van der Waals surface area contributed by atoms with Crippen molar-refractivity contribution in [2.45, 2.75) is 50.2 Å². The zero-order valence-electron chi connectivity index (χ0n) is 14.7. The first-order chi connectivity index (χ1) is 11.8. The molecule has 0 radical (unpaired) electrons. The second-order valence-corrected chi connectivity index (χ2v) is 8.30. The Bertz CT molecular complexity index is 604. The Hall–Kier alpha value is -1.05. The molecule has 0 bridgehead atoms. The lowest BCUT2D eigenvalue weighted by molar-refractivity contribution is -0.184. The van der Waals surface area contributed by atoms with E-state index in [4.69, 9.17) is 14.2 Å². The molecule has 0 N–H and O–H groups in total. The fourth-order valence-electron chi connectivity index (χ4n) is 2.75. The van der Waals surface area contributed by atoms with Crippen molar-refractivity contribution in [3.05, 3.63) is 28.7 Å². The Kier molecular flexibility index (Phi) is 7.34. The largest absolute Gasteiger partial charge is 0.463 e. The molecular weight excluding hydrogens is 408 g/mol. The van der Waals surface area contributed by atoms with Crippen molar-refractivity contribution in [2.75, 3.05) is 6.61 Å². The number of hydrogen-bond donors (Lipinski definition) is 0. The maximum Gasteiger partial charge on any atom is 0.303 e. The average molecular weight is 431 g/mol. The van der Waals surface area contributed by atoms with Gasteiger partial charge in [-0.15, -0.1) is 0 Å². The third-order valence-corrected chi connectivity index (χ3v) is 6.01. The summed E-state index contributed by atoms with van der Waals surface area (Å²) in [6, 6.07) is 7.86. The first-order valence-corrected chi connectivity index (χ1v) is 9.83. The van der Waals surface area contributed by atoms with Gasteiger partial charge in [-0.05, 0) is 30.2 Å². The van der Waals surface area contributed by atoms with Crippen molar-refractivity contribution in [2.24, 2.45) is 11.8 Å². The quantitative estimate of drug-likeness (QED) is 0.656. The van der Waals surface area contributed by atoms with Crippen LogP contribution in [0, 0.1) is 11.8 Å². The lowest BCUT2D eigenvalue weighted by Gasteiger charge is -2.43. The number of esters is 2. The molecule has 138 valence electrons. The van der Waals surface area contributed by atoms with Crippen molar-refractivity contribution in [1.29, 1.82) is 0 Å². The van der Waals surface area contributed by atoms with Gasteiger partial charge in [0.15, 0.2) is 0 Å². The lowest BCUT2D eigenvalue weighted by atomic mass is 9.84. The molecule has 1 aromatic carbocycles. The molecule has 5 atom stereocenters. The second kappa shape index (κ2) is 9.05. The molecule has 0 aromatic heterocycles. The highest BCUT2D eigenvalue weighted by Gasteiger charge is 2.44. The van der Waals surface area contributed by atoms with Crippen molar-refractivity contribution in [3.63, 3.8) is 0 Å². The molecule has 0 saturated carbocycles. The number of ether oxygens (including phenoxy) is 3. The standard InChI is InChI=1S/C18H23BrO5S/c1-10-11(2)17(23-13(4)21)18(24-16(10)9-22-12(3)20)25-15-7-5-14(19)6-8-15/h5-8,10-11,16-18H,9H2,1-4H3. The number of carbonyl (C=O) groups is 2. The molecule has 1 heterocycles. The van der Waals surface area contributed by atoms with Gasteiger partial charge in [-0.1, -0.05) is 41.5 Å². The summed E-state index contributed by atoms with van der Waals surface area (Å²) in [5, 5.41) is 0. The molecule has 7 heteroatoms. The number of hydrogen-bond acceptors (Lipinski definition) is 6. The van der Waals surface area contributed by atoms with E-state index in [1.807, 2.05) is 38.1 Å². The minimum Gasteiger partial charge on any atom is -0.463 e. The van der Waals surface area contributed by atoms with E-state index in [2.05, 4.69) is 15.9 Å². The summed E-state index contributed by atoms with van der Waals surface area (Å²) in [7, 11) is 0. The smallest absolute Gasteiger partial charge is 0.303 e. The molecular formula is C18H23BrO5S. The molecule has 2 rings (SSSR count). The Morgan fingerprint density at radius 3 is 2.32 bits per heavy atom. The van der Waals surface area contributed by atoms with Crippen molar-refractivity contribution >= 4 is 39.6 Å². The van der Waals surface area contributed by atoms with Crippen LogP contribution in [-0.4, -0.2) is 36.2 Å². The summed E-state index contributed by atoms with van der Waals surface area (Å²) in [4.78, 5) is 23.7. The van der Waals surface area contributed by atoms with E-state index in [0.717, 1.165) is 9.37 Å². The van der Waals surface area contributed by atoms with Crippen LogP contribution in [0.25, 0.3) is 0 Å². The molecule has 1 aromatic rings. The fraction of sp³-hybridized carbons (Fsp3) is 0.556. The summed E-state index contributed by atoms with van der Waals surface area (Å²) >= 11 is 4.92. The van der Waals surface area contributed by atoms with Crippen LogP contribution in [-0.2, 0) is 23.8 Å². The summed E-state index contributed by atoms with van der Waals surface area (Å²) < 4.78 is 17.9. The predicted octanol–water partition coefficient (Wildman–Crippen LogP) is 4.03. The van der Waals surface area contributed by atoms with E-state index in [1.54, 1.807) is 0 Å². The molecule has 0 spiro atoms. The number of halogens is 1. The molecule has 0 aliphatic carbocycles. The van der Waals surface area contributed by atoms with Crippen LogP contribution in [0.3, 0.4) is 0 Å². The van der Waals surface area contributed by atoms with E-state index < -0.39 is 0 Å². The van der Waals surface area contributed by atoms with E-state index >= 15 is 0 Å². The molecule has 1 aliphatic heterocycles. The summed E-state index contributed by atoms with van der Waals surface area (Å²) in [5.41, 5.74) is -0.364. The first-order valence-electron chi connectivity index (χ1n) is 8.16. The SMILES string of the molecule is CC(=O)OCC1OC(Sc2ccc(Br)cc2)C(OC(C)=O)C(C)C1C. The topological polar surface area (TPSA) is 61.8 Å². The van der Waals surface area contributed by atoms with Gasteiger partial charge in [-0.2, -0.15) is 0 Å². The zero-order valence-corrected chi connectivity index (χ0v) is 17.1. The number of carbonyl (C=O) groups excluding carboxylic acids is 2. The number of benzene rings is 1. The van der Waals surface area contributed by atoms with Crippen molar-refractivity contribution < 1.29 is 23.8 Å². The normalized spacial score (nSPS) is 29.1. The maximum absolute atomic E-state index is 11.5. The zero-order chi connectivity index (χ0) is 18.6. The van der Waals surface area contributed by atoms with Gasteiger partial charge in [0.2, 0.25) is 0 Å². The van der Waals surface area contributed by atoms with Gasteiger partial charge in [-0.3, -0.25) is 9.59 Å². The van der Waals surface area contributed by atoms with Crippen LogP contribution in [0.5, 0.6) is 0 Å². The van der Waals surface area contributed by atoms with Crippen molar-refractivity contribution in [1.82, 2.24) is 0 Å². The monoisotopic (exact) mass is 430 g/mol. The predicted molar refractivity (Wildman–Crippen MR) is 99.2 cm³/mol. The maximum atomic E-state index is 11.5. The fourth-order valence-corrected chi connectivity index (χ4v) is 4.21. The minimum atomic E-state index is -0.366. The molecule has 1 saturated heterocycles. The molecule has 5 unspecified atom stereocenters. The average Bonchev–Trinajstić information content (AvgIpc) is 2.54. The summed E-state index contributed by atoms with van der Waals surface area (Å²) in [5.74, 6) is -0.494. The summed E-state index contributed by atoms with van der Waals surface area (Å²) in [6.07, 6.45) is -0.603. The highest BCUT2D eigenvalue weighted by molar-refractivity contribution is 9.10. The molecule has 5 nitrogen and oxygen atoms in total. The molecule has 25 heavy (non-hydrogen) atoms. The van der Waals surface area contributed by atoms with E-state index in [0.29, 0.717) is 0 Å². The van der Waals surface area contributed by atoms with Crippen LogP contribution in [0.15, 0.2) is 33.6 Å². The Morgan fingerprint density at radius 2 is 1.76 bits per heavy atom. The van der Waals surface area contributed by atoms with Gasteiger partial charge >= 0.3 is 11.9 Å². The van der Waals surface area contributed by atoms with Crippen LogP contribution >= 0.6 is 27.7 Å². The van der Waals surface area contributed by atoms with Gasteiger partial charge in [-0.25, -0.2) is 0 Å². The van der Waals surface area contributed by atoms with Crippen LogP contribution in [0.2, 0.25) is 0 Å². The summed E-state index contributed by atoms with van der Waals surface area (Å²) in [6.45, 7) is 7.05. The third kappa shape index (κ3) is 5.72. The number of rotatable bonds is 5. The Labute approximate surface area is 160 Å². The van der Waals surface area contributed by atoms with Crippen LogP contribution in [0.1, 0.15) is 27.7 Å². The molecule has 1 fully saturated rings. The minimum absolute atomic E-state index is 0.0751. The number of thioether (sulfide) groups is 1. The lowest BCUT2D eigenvalue weighted by Crippen LogP contribution is -2.51. The Morgan fingerprint density at radius 1 is 1.12 bits per heavy atom. The third-order valence-electron chi connectivity index (χ3n) is 4.33. The molecule has 1 aliphatic rings.